The maximum Gasteiger partial charge on any atom is 0.258 e. The number of para-hydroxylation sites is 2. The molecule has 4 N–H and O–H groups in total. The molecular weight excluding hydrogens is 430 g/mol. The molecule has 2 amide bonds. The van der Waals surface area contributed by atoms with Gasteiger partial charge in [-0.1, -0.05) is 48.5 Å². The van der Waals surface area contributed by atoms with Crippen LogP contribution in [0, 0.1) is 6.92 Å². The van der Waals surface area contributed by atoms with E-state index in [-0.39, 0.29) is 12.5 Å². The number of rotatable bonds is 6. The van der Waals surface area contributed by atoms with Crippen LogP contribution in [0.5, 0.6) is 0 Å². The van der Waals surface area contributed by atoms with Crippen molar-refractivity contribution in [2.24, 2.45) is 5.73 Å². The van der Waals surface area contributed by atoms with Crippen LogP contribution in [0.2, 0.25) is 0 Å². The summed E-state index contributed by atoms with van der Waals surface area (Å²) in [5.74, 6) is -1.05. The van der Waals surface area contributed by atoms with E-state index in [1.54, 1.807) is 60.4 Å². The number of nitrogens with two attached hydrogens (primary N) is 1. The molecule has 0 radical (unpaired) electrons. The van der Waals surface area contributed by atoms with Crippen molar-refractivity contribution in [2.45, 2.75) is 18.9 Å². The van der Waals surface area contributed by atoms with Gasteiger partial charge in [-0.3, -0.25) is 9.59 Å². The molecule has 1 unspecified atom stereocenters. The predicted octanol–water partition coefficient (Wildman–Crippen LogP) is 2.57. The summed E-state index contributed by atoms with van der Waals surface area (Å²) in [5, 5.41) is 20.8. The summed E-state index contributed by atoms with van der Waals surface area (Å²) in [6.45, 7) is 3.56. The van der Waals surface area contributed by atoms with E-state index in [4.69, 9.17) is 5.73 Å². The minimum absolute atomic E-state index is 0.0348. The van der Waals surface area contributed by atoms with Crippen LogP contribution in [0.1, 0.15) is 33.5 Å². The number of aliphatic hydroxyl groups is 2. The summed E-state index contributed by atoms with van der Waals surface area (Å²) < 4.78 is 0. The number of hydrogen-bond donors (Lipinski definition) is 3. The molecule has 1 heterocycles. The lowest BCUT2D eigenvalue weighted by atomic mass is 9.82. The fraction of sp³-hybridized carbons (Fsp3) is 0.259. The van der Waals surface area contributed by atoms with Gasteiger partial charge in [0.05, 0.1) is 18.0 Å². The number of aryl methyl sites for hydroxylation is 1. The van der Waals surface area contributed by atoms with Gasteiger partial charge in [-0.2, -0.15) is 0 Å². The molecule has 3 aromatic rings. The Kier molecular flexibility index (Phi) is 6.68. The number of anilines is 2. The highest BCUT2D eigenvalue weighted by molar-refractivity contribution is 6.08. The van der Waals surface area contributed by atoms with E-state index in [9.17, 15) is 19.8 Å². The molecule has 0 fully saturated rings. The Labute approximate surface area is 199 Å². The Balaban J connectivity index is 1.71. The highest BCUT2D eigenvalue weighted by Crippen LogP contribution is 2.35. The normalized spacial score (nSPS) is 15.3. The number of primary amides is 1. The molecule has 1 aliphatic heterocycles. The lowest BCUT2D eigenvalue weighted by molar-refractivity contribution is -0.133. The van der Waals surface area contributed by atoms with E-state index in [1.165, 1.54) is 0 Å². The first-order valence-corrected chi connectivity index (χ1v) is 11.3. The zero-order valence-electron chi connectivity index (χ0n) is 19.1. The molecule has 1 atom stereocenters. The zero-order chi connectivity index (χ0) is 24.3. The van der Waals surface area contributed by atoms with Gasteiger partial charge in [-0.05, 0) is 48.7 Å². The summed E-state index contributed by atoms with van der Waals surface area (Å²) >= 11 is 0. The molecule has 0 spiro atoms. The number of benzene rings is 3. The first-order valence-electron chi connectivity index (χ1n) is 11.3. The van der Waals surface area contributed by atoms with Crippen LogP contribution in [-0.2, 0) is 10.4 Å². The topological polar surface area (TPSA) is 107 Å². The minimum atomic E-state index is -2.01. The van der Waals surface area contributed by atoms with Crippen molar-refractivity contribution in [3.63, 3.8) is 0 Å². The first kappa shape index (κ1) is 23.5. The number of carbonyl (C=O) groups excluding carboxylic acids is 2. The number of hydrogen-bond acceptors (Lipinski definition) is 5. The monoisotopic (exact) mass is 459 g/mol. The number of β-amino-alcohol motifs (C(OH)–C–C–N with tert-alkyl or cyclic N) is 1. The van der Waals surface area contributed by atoms with Crippen molar-refractivity contribution in [1.82, 2.24) is 0 Å². The van der Waals surface area contributed by atoms with E-state index < -0.39 is 11.5 Å². The fourth-order valence-corrected chi connectivity index (χ4v) is 4.65. The summed E-state index contributed by atoms with van der Waals surface area (Å²) in [6.07, 6.45) is 0.757. The highest BCUT2D eigenvalue weighted by atomic mass is 16.3. The van der Waals surface area contributed by atoms with Crippen molar-refractivity contribution in [1.29, 1.82) is 0 Å². The second-order valence-electron chi connectivity index (χ2n) is 8.48. The molecule has 0 aromatic heterocycles. The largest absolute Gasteiger partial charge is 0.395 e. The maximum atomic E-state index is 13.6. The Morgan fingerprint density at radius 3 is 2.29 bits per heavy atom. The summed E-state index contributed by atoms with van der Waals surface area (Å²) in [6, 6.07) is 21.1. The van der Waals surface area contributed by atoms with Gasteiger partial charge in [-0.25, -0.2) is 0 Å². The van der Waals surface area contributed by atoms with E-state index in [0.29, 0.717) is 35.3 Å². The third kappa shape index (κ3) is 4.16. The summed E-state index contributed by atoms with van der Waals surface area (Å²) in [4.78, 5) is 29.8. The van der Waals surface area contributed by atoms with Gasteiger partial charge in [-0.15, -0.1) is 0 Å². The Bertz CT molecular complexity index is 1200. The van der Waals surface area contributed by atoms with Gasteiger partial charge < -0.3 is 25.7 Å². The second kappa shape index (κ2) is 9.67. The molecular formula is C27H29N3O4. The molecule has 0 saturated carbocycles. The number of amides is 2. The molecule has 1 aliphatic rings. The second-order valence-corrected chi connectivity index (χ2v) is 8.48. The standard InChI is InChI=1S/C27H29N3O4/c1-19-18-20(12-13-22(19)27(34,26(28)33)21-8-3-2-4-9-21)25(32)30-15-7-14-29(16-17-31)23-10-5-6-11-24(23)30/h2-6,8-13,18,31,34H,7,14-17H2,1H3,(H2,28,33). The molecule has 0 aliphatic carbocycles. The third-order valence-electron chi connectivity index (χ3n) is 6.35. The smallest absolute Gasteiger partial charge is 0.258 e. The fourth-order valence-electron chi connectivity index (χ4n) is 4.65. The average Bonchev–Trinajstić information content (AvgIpc) is 3.03. The number of aliphatic hydroxyl groups excluding tert-OH is 1. The molecule has 4 rings (SSSR count). The quantitative estimate of drug-likeness (QED) is 0.525. The molecule has 34 heavy (non-hydrogen) atoms. The molecule has 0 saturated heterocycles. The van der Waals surface area contributed by atoms with Crippen molar-refractivity contribution >= 4 is 23.2 Å². The average molecular weight is 460 g/mol. The number of nitrogens with zero attached hydrogens (tertiary/aromatic N) is 2. The van der Waals surface area contributed by atoms with Crippen molar-refractivity contribution in [3.05, 3.63) is 95.1 Å². The van der Waals surface area contributed by atoms with E-state index in [0.717, 1.165) is 24.3 Å². The molecule has 0 bridgehead atoms. The van der Waals surface area contributed by atoms with E-state index in [1.807, 2.05) is 24.3 Å². The number of fused-ring (bicyclic) bond motifs is 1. The zero-order valence-corrected chi connectivity index (χ0v) is 19.1. The lowest BCUT2D eigenvalue weighted by Crippen LogP contribution is -2.42. The summed E-state index contributed by atoms with van der Waals surface area (Å²) in [7, 11) is 0. The lowest BCUT2D eigenvalue weighted by Gasteiger charge is -2.28. The third-order valence-corrected chi connectivity index (χ3v) is 6.35. The van der Waals surface area contributed by atoms with Gasteiger partial charge >= 0.3 is 0 Å². The minimum Gasteiger partial charge on any atom is -0.395 e. The van der Waals surface area contributed by atoms with Gasteiger partial charge in [0.15, 0.2) is 5.60 Å². The van der Waals surface area contributed by atoms with Crippen LogP contribution in [0.25, 0.3) is 0 Å². The van der Waals surface area contributed by atoms with Gasteiger partial charge in [0.1, 0.15) is 0 Å². The first-order chi connectivity index (χ1) is 16.4. The summed E-state index contributed by atoms with van der Waals surface area (Å²) in [5.41, 5.74) is 7.07. The Hall–Kier alpha value is -3.68. The van der Waals surface area contributed by atoms with Crippen LogP contribution in [0.4, 0.5) is 11.4 Å². The van der Waals surface area contributed by atoms with E-state index >= 15 is 0 Å². The molecule has 7 nitrogen and oxygen atoms in total. The van der Waals surface area contributed by atoms with Crippen LogP contribution < -0.4 is 15.5 Å². The SMILES string of the molecule is Cc1cc(C(=O)N2CCCN(CCO)c3ccccc32)ccc1C(O)(C(N)=O)c1ccccc1. The van der Waals surface area contributed by atoms with Gasteiger partial charge in [0.2, 0.25) is 0 Å². The molecule has 176 valence electrons. The molecule has 7 heteroatoms. The predicted molar refractivity (Wildman–Crippen MR) is 132 cm³/mol. The van der Waals surface area contributed by atoms with Gasteiger partial charge in [0, 0.05) is 30.8 Å². The highest BCUT2D eigenvalue weighted by Gasteiger charge is 2.39. The molecule has 3 aromatic carbocycles. The Morgan fingerprint density at radius 1 is 0.971 bits per heavy atom. The van der Waals surface area contributed by atoms with Crippen molar-refractivity contribution < 1.29 is 19.8 Å². The van der Waals surface area contributed by atoms with Crippen LogP contribution in [0.15, 0.2) is 72.8 Å². The van der Waals surface area contributed by atoms with Crippen LogP contribution in [-0.4, -0.2) is 48.3 Å². The van der Waals surface area contributed by atoms with Crippen molar-refractivity contribution in [3.8, 4) is 0 Å². The Morgan fingerprint density at radius 2 is 1.65 bits per heavy atom. The van der Waals surface area contributed by atoms with Crippen molar-refractivity contribution in [2.75, 3.05) is 36.0 Å². The van der Waals surface area contributed by atoms with Gasteiger partial charge in [0.25, 0.3) is 11.8 Å². The maximum absolute atomic E-state index is 13.6. The van der Waals surface area contributed by atoms with Crippen LogP contribution >= 0.6 is 0 Å². The van der Waals surface area contributed by atoms with E-state index in [2.05, 4.69) is 4.90 Å². The van der Waals surface area contributed by atoms with Crippen LogP contribution in [0.3, 0.4) is 0 Å². The number of carbonyl (C=O) groups is 2.